The molecule has 0 aromatic heterocycles. The van der Waals surface area contributed by atoms with Crippen LogP contribution in [0.3, 0.4) is 0 Å². The van der Waals surface area contributed by atoms with Crippen LogP contribution in [0.1, 0.15) is 51.9 Å². The van der Waals surface area contributed by atoms with Crippen molar-refractivity contribution in [1.29, 1.82) is 0 Å². The Bertz CT molecular complexity index is 316. The third-order valence-corrected chi connectivity index (χ3v) is 4.33. The van der Waals surface area contributed by atoms with Crippen molar-refractivity contribution >= 4 is 11.8 Å². The van der Waals surface area contributed by atoms with Gasteiger partial charge in [-0.1, -0.05) is 6.92 Å². The number of nitrogens with zero attached hydrogens (tertiary/aromatic N) is 2. The van der Waals surface area contributed by atoms with Crippen LogP contribution in [0, 0.1) is 5.92 Å². The van der Waals surface area contributed by atoms with Gasteiger partial charge in [0.15, 0.2) is 0 Å². The molecule has 0 spiro atoms. The highest BCUT2D eigenvalue weighted by molar-refractivity contribution is 5.80. The fourth-order valence-corrected chi connectivity index (χ4v) is 3.12. The van der Waals surface area contributed by atoms with Gasteiger partial charge >= 0.3 is 0 Å². The fraction of sp³-hybridized carbons (Fsp3) is 0.867. The van der Waals surface area contributed by atoms with Crippen LogP contribution in [0.2, 0.25) is 0 Å². The van der Waals surface area contributed by atoms with Gasteiger partial charge in [-0.3, -0.25) is 9.59 Å². The first-order valence-corrected chi connectivity index (χ1v) is 7.79. The van der Waals surface area contributed by atoms with Crippen molar-refractivity contribution < 1.29 is 9.59 Å². The fourth-order valence-electron chi connectivity index (χ4n) is 3.12. The van der Waals surface area contributed by atoms with Gasteiger partial charge in [0.05, 0.1) is 0 Å². The van der Waals surface area contributed by atoms with Gasteiger partial charge in [0.2, 0.25) is 11.8 Å². The molecule has 2 fully saturated rings. The van der Waals surface area contributed by atoms with Crippen LogP contribution < -0.4 is 0 Å². The third-order valence-electron chi connectivity index (χ3n) is 4.33. The lowest BCUT2D eigenvalue weighted by atomic mass is 9.94. The van der Waals surface area contributed by atoms with E-state index in [1.165, 1.54) is 6.42 Å². The van der Waals surface area contributed by atoms with Gasteiger partial charge < -0.3 is 9.80 Å². The zero-order valence-corrected chi connectivity index (χ0v) is 12.1. The van der Waals surface area contributed by atoms with Gasteiger partial charge in [0.1, 0.15) is 0 Å². The maximum Gasteiger partial charge on any atom is 0.225 e. The molecule has 2 rings (SSSR count). The summed E-state index contributed by atoms with van der Waals surface area (Å²) in [6, 6.07) is 0. The highest BCUT2D eigenvalue weighted by Crippen LogP contribution is 2.22. The van der Waals surface area contributed by atoms with E-state index in [4.69, 9.17) is 0 Å². The SMILES string of the molecule is CCCC(=O)N1CCC(C(=O)N2CCCCC2)CC1. The van der Waals surface area contributed by atoms with Crippen molar-refractivity contribution in [1.82, 2.24) is 9.80 Å². The zero-order chi connectivity index (χ0) is 13.7. The van der Waals surface area contributed by atoms with E-state index in [-0.39, 0.29) is 11.8 Å². The summed E-state index contributed by atoms with van der Waals surface area (Å²) in [4.78, 5) is 28.2. The molecule has 2 amide bonds. The molecule has 2 aliphatic rings. The lowest BCUT2D eigenvalue weighted by molar-refractivity contribution is -0.141. The average molecular weight is 266 g/mol. The van der Waals surface area contributed by atoms with Crippen LogP contribution >= 0.6 is 0 Å². The Morgan fingerprint density at radius 1 is 0.947 bits per heavy atom. The van der Waals surface area contributed by atoms with Crippen molar-refractivity contribution in [3.63, 3.8) is 0 Å². The van der Waals surface area contributed by atoms with Crippen molar-refractivity contribution in [2.45, 2.75) is 51.9 Å². The minimum atomic E-state index is 0.156. The molecule has 0 aromatic rings. The number of carbonyl (C=O) groups excluding carboxylic acids is 2. The molecule has 4 heteroatoms. The molecule has 0 radical (unpaired) electrons. The van der Waals surface area contributed by atoms with E-state index in [1.54, 1.807) is 0 Å². The summed E-state index contributed by atoms with van der Waals surface area (Å²) < 4.78 is 0. The Morgan fingerprint density at radius 2 is 1.58 bits per heavy atom. The molecule has 0 unspecified atom stereocenters. The maximum absolute atomic E-state index is 12.4. The van der Waals surface area contributed by atoms with Crippen molar-refractivity contribution in [2.24, 2.45) is 5.92 Å². The molecule has 2 heterocycles. The predicted octanol–water partition coefficient (Wildman–Crippen LogP) is 2.04. The summed E-state index contributed by atoms with van der Waals surface area (Å²) in [5.74, 6) is 0.748. The second-order valence-corrected chi connectivity index (χ2v) is 5.79. The highest BCUT2D eigenvalue weighted by Gasteiger charge is 2.30. The predicted molar refractivity (Wildman–Crippen MR) is 74.6 cm³/mol. The van der Waals surface area contributed by atoms with Gasteiger partial charge in [0.25, 0.3) is 0 Å². The van der Waals surface area contributed by atoms with Crippen LogP contribution in [0.4, 0.5) is 0 Å². The number of hydrogen-bond donors (Lipinski definition) is 0. The second-order valence-electron chi connectivity index (χ2n) is 5.79. The number of rotatable bonds is 3. The molecular formula is C15H26N2O2. The molecule has 108 valence electrons. The van der Waals surface area contributed by atoms with Gasteiger partial charge in [0, 0.05) is 38.5 Å². The van der Waals surface area contributed by atoms with Gasteiger partial charge in [-0.15, -0.1) is 0 Å². The van der Waals surface area contributed by atoms with Crippen LogP contribution in [0.25, 0.3) is 0 Å². The van der Waals surface area contributed by atoms with Crippen molar-refractivity contribution in [3.05, 3.63) is 0 Å². The van der Waals surface area contributed by atoms with Crippen molar-refractivity contribution in [2.75, 3.05) is 26.2 Å². The molecule has 0 atom stereocenters. The highest BCUT2D eigenvalue weighted by atomic mass is 16.2. The Labute approximate surface area is 116 Å². The number of amides is 2. The van der Waals surface area contributed by atoms with Crippen LogP contribution in [0.5, 0.6) is 0 Å². The number of carbonyl (C=O) groups is 2. The summed E-state index contributed by atoms with van der Waals surface area (Å²) >= 11 is 0. The Kier molecular flexibility index (Phi) is 5.23. The van der Waals surface area contributed by atoms with E-state index >= 15 is 0 Å². The Balaban J connectivity index is 1.79. The number of likely N-dealkylation sites (tertiary alicyclic amines) is 2. The average Bonchev–Trinajstić information content (AvgIpc) is 2.48. The molecule has 0 aromatic carbocycles. The molecule has 19 heavy (non-hydrogen) atoms. The minimum Gasteiger partial charge on any atom is -0.343 e. The normalized spacial score (nSPS) is 21.5. The van der Waals surface area contributed by atoms with E-state index in [2.05, 4.69) is 0 Å². The van der Waals surface area contributed by atoms with Crippen LogP contribution in [-0.2, 0) is 9.59 Å². The van der Waals surface area contributed by atoms with Gasteiger partial charge in [-0.25, -0.2) is 0 Å². The van der Waals surface area contributed by atoms with E-state index in [1.807, 2.05) is 16.7 Å². The Hall–Kier alpha value is -1.06. The molecule has 0 saturated carbocycles. The van der Waals surface area contributed by atoms with Gasteiger partial charge in [-0.05, 0) is 38.5 Å². The number of hydrogen-bond acceptors (Lipinski definition) is 2. The quantitative estimate of drug-likeness (QED) is 0.784. The van der Waals surface area contributed by atoms with Crippen molar-refractivity contribution in [3.8, 4) is 0 Å². The molecule has 2 saturated heterocycles. The summed E-state index contributed by atoms with van der Waals surface area (Å²) in [6.45, 7) is 5.44. The van der Waals surface area contributed by atoms with E-state index in [0.717, 1.165) is 58.3 Å². The Morgan fingerprint density at radius 3 is 2.16 bits per heavy atom. The summed E-state index contributed by atoms with van der Waals surface area (Å²) in [5.41, 5.74) is 0. The molecule has 4 nitrogen and oxygen atoms in total. The van der Waals surface area contributed by atoms with Crippen LogP contribution in [0.15, 0.2) is 0 Å². The maximum atomic E-state index is 12.4. The van der Waals surface area contributed by atoms with Crippen LogP contribution in [-0.4, -0.2) is 47.8 Å². The first-order chi connectivity index (χ1) is 9.22. The number of piperidine rings is 2. The largest absolute Gasteiger partial charge is 0.343 e. The minimum absolute atomic E-state index is 0.156. The standard InChI is InChI=1S/C15H26N2O2/c1-2-6-14(18)16-11-7-13(8-12-16)15(19)17-9-4-3-5-10-17/h13H,2-12H2,1H3. The topological polar surface area (TPSA) is 40.6 Å². The lowest BCUT2D eigenvalue weighted by Crippen LogP contribution is -2.45. The summed E-state index contributed by atoms with van der Waals surface area (Å²) in [7, 11) is 0. The smallest absolute Gasteiger partial charge is 0.225 e. The third kappa shape index (κ3) is 3.71. The van der Waals surface area contributed by atoms with E-state index < -0.39 is 0 Å². The second kappa shape index (κ2) is 6.92. The first-order valence-electron chi connectivity index (χ1n) is 7.79. The lowest BCUT2D eigenvalue weighted by Gasteiger charge is -2.35. The summed E-state index contributed by atoms with van der Waals surface area (Å²) in [6.07, 6.45) is 6.82. The molecule has 0 aliphatic carbocycles. The first kappa shape index (κ1) is 14.4. The van der Waals surface area contributed by atoms with E-state index in [9.17, 15) is 9.59 Å². The van der Waals surface area contributed by atoms with Gasteiger partial charge in [-0.2, -0.15) is 0 Å². The molecule has 0 bridgehead atoms. The molecular weight excluding hydrogens is 240 g/mol. The summed E-state index contributed by atoms with van der Waals surface area (Å²) in [5, 5.41) is 0. The zero-order valence-electron chi connectivity index (χ0n) is 12.1. The van der Waals surface area contributed by atoms with E-state index in [0.29, 0.717) is 12.3 Å². The molecule has 2 aliphatic heterocycles. The monoisotopic (exact) mass is 266 g/mol. The molecule has 0 N–H and O–H groups in total.